The summed E-state index contributed by atoms with van der Waals surface area (Å²) in [7, 11) is 1.78. The zero-order valence-electron chi connectivity index (χ0n) is 21.6. The number of rotatable bonds is 7. The van der Waals surface area contributed by atoms with E-state index in [0.717, 1.165) is 19.6 Å². The molecule has 1 aromatic heterocycles. The number of aromatic nitrogens is 1. The first-order valence-electron chi connectivity index (χ1n) is 12.7. The molecule has 0 fully saturated rings. The second kappa shape index (κ2) is 11.1. The van der Waals surface area contributed by atoms with Gasteiger partial charge >= 0.3 is 0 Å². The number of aryl methyl sites for hydroxylation is 1. The van der Waals surface area contributed by atoms with E-state index in [1.54, 1.807) is 0 Å². The molecule has 2 heterocycles. The summed E-state index contributed by atoms with van der Waals surface area (Å²) < 4.78 is 3.66. The largest absolute Gasteiger partial charge is 0.300 e. The highest BCUT2D eigenvalue weighted by atomic mass is 32.2. The van der Waals surface area contributed by atoms with Crippen molar-refractivity contribution >= 4 is 47.5 Å². The molecule has 0 spiro atoms. The average Bonchev–Trinajstić information content (AvgIpc) is 3.24. The van der Waals surface area contributed by atoms with Gasteiger partial charge in [0.05, 0.1) is 5.39 Å². The Kier molecular flexibility index (Phi) is 7.72. The van der Waals surface area contributed by atoms with Gasteiger partial charge in [0.1, 0.15) is 7.05 Å². The lowest BCUT2D eigenvalue weighted by molar-refractivity contribution is -0.644. The summed E-state index contributed by atoms with van der Waals surface area (Å²) in [4.78, 5) is 3.86. The highest BCUT2D eigenvalue weighted by Gasteiger charge is 2.24. The van der Waals surface area contributed by atoms with E-state index in [-0.39, 0.29) is 7.92 Å². The Morgan fingerprint density at radius 3 is 2.39 bits per heavy atom. The van der Waals surface area contributed by atoms with Gasteiger partial charge in [-0.25, -0.2) is 4.57 Å². The predicted octanol–water partition coefficient (Wildman–Crippen LogP) is 7.43. The van der Waals surface area contributed by atoms with E-state index in [2.05, 4.69) is 134 Å². The summed E-state index contributed by atoms with van der Waals surface area (Å²) in [6.07, 6.45) is 6.98. The van der Waals surface area contributed by atoms with E-state index in [0.29, 0.717) is 0 Å². The van der Waals surface area contributed by atoms with Gasteiger partial charge in [-0.15, -0.1) is 0 Å². The minimum atomic E-state index is -0.332. The van der Waals surface area contributed by atoms with Crippen molar-refractivity contribution in [3.63, 3.8) is 0 Å². The first-order valence-corrected chi connectivity index (χ1v) is 15.3. The zero-order chi connectivity index (χ0) is 25.1. The second-order valence-corrected chi connectivity index (χ2v) is 12.7. The van der Waals surface area contributed by atoms with E-state index < -0.39 is 0 Å². The van der Waals surface area contributed by atoms with Crippen molar-refractivity contribution in [2.45, 2.75) is 25.3 Å². The van der Waals surface area contributed by atoms with Gasteiger partial charge in [-0.1, -0.05) is 80.2 Å². The van der Waals surface area contributed by atoms with Crippen molar-refractivity contribution in [1.82, 2.24) is 4.90 Å². The van der Waals surface area contributed by atoms with Crippen LogP contribution < -0.4 is 9.87 Å². The van der Waals surface area contributed by atoms with Crippen molar-refractivity contribution in [3.8, 4) is 0 Å². The molecule has 0 bridgehead atoms. The van der Waals surface area contributed by atoms with E-state index in [1.165, 1.54) is 48.0 Å². The van der Waals surface area contributed by atoms with Crippen molar-refractivity contribution in [1.29, 1.82) is 0 Å². The van der Waals surface area contributed by atoms with Crippen LogP contribution in [0.2, 0.25) is 0 Å². The number of thioether (sulfide) groups is 1. The molecule has 0 N–H and O–H groups in total. The van der Waals surface area contributed by atoms with Gasteiger partial charge in [0.2, 0.25) is 5.52 Å². The zero-order valence-corrected chi connectivity index (χ0v) is 23.3. The fourth-order valence-corrected chi connectivity index (χ4v) is 8.48. The molecule has 36 heavy (non-hydrogen) atoms. The quantitative estimate of drug-likeness (QED) is 0.189. The molecule has 0 amide bonds. The molecule has 182 valence electrons. The van der Waals surface area contributed by atoms with E-state index in [4.69, 9.17) is 0 Å². The van der Waals surface area contributed by atoms with Gasteiger partial charge in [-0.05, 0) is 79.5 Å². The Morgan fingerprint density at radius 2 is 1.64 bits per heavy atom. The van der Waals surface area contributed by atoms with Crippen LogP contribution >= 0.6 is 19.7 Å². The van der Waals surface area contributed by atoms with Gasteiger partial charge in [-0.3, -0.25) is 4.90 Å². The lowest BCUT2D eigenvalue weighted by Gasteiger charge is -2.18. The summed E-state index contributed by atoms with van der Waals surface area (Å²) in [6.45, 7) is 10.0. The summed E-state index contributed by atoms with van der Waals surface area (Å²) in [5, 5.41) is 2.77. The molecule has 1 unspecified atom stereocenters. The Morgan fingerprint density at radius 1 is 0.917 bits per heavy atom. The van der Waals surface area contributed by atoms with Crippen molar-refractivity contribution in [2.75, 3.05) is 19.8 Å². The number of para-hydroxylation sites is 1. The molecule has 1 aliphatic heterocycles. The molecular weight excluding hydrogens is 475 g/mol. The van der Waals surface area contributed by atoms with Crippen LogP contribution in [0, 0.1) is 0 Å². The fourth-order valence-electron chi connectivity index (χ4n) is 4.78. The van der Waals surface area contributed by atoms with Crippen LogP contribution in [-0.2, 0) is 13.6 Å². The van der Waals surface area contributed by atoms with Gasteiger partial charge in [-0.2, -0.15) is 0 Å². The van der Waals surface area contributed by atoms with Crippen molar-refractivity contribution < 1.29 is 4.57 Å². The molecule has 1 atom stereocenters. The van der Waals surface area contributed by atoms with Crippen LogP contribution in [0.3, 0.4) is 0 Å². The maximum atomic E-state index is 2.46. The maximum Gasteiger partial charge on any atom is 0.212 e. The Labute approximate surface area is 221 Å². The fraction of sp³-hybridized carbons (Fsp3) is 0.219. The third kappa shape index (κ3) is 5.20. The average molecular weight is 510 g/mol. The van der Waals surface area contributed by atoms with Crippen LogP contribution in [0.15, 0.2) is 101 Å². The van der Waals surface area contributed by atoms with E-state index in [9.17, 15) is 0 Å². The minimum Gasteiger partial charge on any atom is -0.300 e. The number of hydrogen-bond acceptors (Lipinski definition) is 2. The number of hydrogen-bond donors (Lipinski definition) is 0. The summed E-state index contributed by atoms with van der Waals surface area (Å²) in [6, 6.07) is 29.0. The number of fused-ring (bicyclic) bond motifs is 2. The molecule has 0 saturated carbocycles. The van der Waals surface area contributed by atoms with Crippen molar-refractivity contribution in [2.24, 2.45) is 7.05 Å². The predicted molar refractivity (Wildman–Crippen MR) is 159 cm³/mol. The third-order valence-electron chi connectivity index (χ3n) is 7.02. The second-order valence-electron chi connectivity index (χ2n) is 9.27. The summed E-state index contributed by atoms with van der Waals surface area (Å²) in [5.74, 6) is 0. The van der Waals surface area contributed by atoms with E-state index >= 15 is 0 Å². The Bertz CT molecular complexity index is 1430. The van der Waals surface area contributed by atoms with E-state index in [1.807, 2.05) is 11.8 Å². The number of pyridine rings is 1. The van der Waals surface area contributed by atoms with Gasteiger partial charge in [0.15, 0.2) is 6.20 Å². The number of allylic oxidation sites excluding steroid dienone is 2. The molecule has 3 aromatic carbocycles. The Hall–Kier alpha value is -2.71. The van der Waals surface area contributed by atoms with Crippen LogP contribution in [0.4, 0.5) is 0 Å². The molecule has 2 nitrogen and oxygen atoms in total. The molecule has 4 heteroatoms. The monoisotopic (exact) mass is 509 g/mol. The topological polar surface area (TPSA) is 7.12 Å². The van der Waals surface area contributed by atoms with Crippen molar-refractivity contribution in [3.05, 3.63) is 112 Å². The smallest absolute Gasteiger partial charge is 0.212 e. The molecule has 0 saturated heterocycles. The first-order chi connectivity index (χ1) is 17.6. The maximum absolute atomic E-state index is 2.46. The lowest BCUT2D eigenvalue weighted by atomic mass is 9.99. The van der Waals surface area contributed by atoms with Crippen LogP contribution in [0.1, 0.15) is 30.5 Å². The summed E-state index contributed by atoms with van der Waals surface area (Å²) in [5.41, 5.74) is 6.40. The first kappa shape index (κ1) is 25.0. The van der Waals surface area contributed by atoms with Crippen LogP contribution in [0.5, 0.6) is 0 Å². The highest BCUT2D eigenvalue weighted by molar-refractivity contribution is 8.14. The molecule has 4 aromatic rings. The van der Waals surface area contributed by atoms with Gasteiger partial charge in [0.25, 0.3) is 0 Å². The molecule has 1 aliphatic rings. The number of nitrogens with zero attached hydrogens (tertiary/aromatic N) is 2. The standard InChI is InChI=1S/C32H34N2PS/c1-5-34(6-2)23-24-15-17-25(18-16-24)27(22-32-35(4)30-13-9-10-14-31(30)36-32)21-26-19-20-33(3)29-12-8-7-11-28(26)29/h7-22H,5-6,23H2,1-4H3/q+1. The molecule has 0 radical (unpaired) electrons. The van der Waals surface area contributed by atoms with Gasteiger partial charge < -0.3 is 0 Å². The van der Waals surface area contributed by atoms with Crippen LogP contribution in [0.25, 0.3) is 22.6 Å². The van der Waals surface area contributed by atoms with Gasteiger partial charge in [0, 0.05) is 28.2 Å². The molecule has 5 rings (SSSR count). The molecular formula is C32H34N2PS+. The van der Waals surface area contributed by atoms with Crippen LogP contribution in [-0.4, -0.2) is 24.7 Å². The number of benzene rings is 3. The Balaban J connectivity index is 1.59. The summed E-state index contributed by atoms with van der Waals surface area (Å²) >= 11 is 1.94. The third-order valence-corrected chi connectivity index (χ3v) is 11.1. The molecule has 0 aliphatic carbocycles. The normalized spacial score (nSPS) is 16.8. The minimum absolute atomic E-state index is 0.332. The highest BCUT2D eigenvalue weighted by Crippen LogP contribution is 2.57. The SMILES string of the molecule is CCN(CC)Cc1ccc(C(=Cc2cc[n+](C)c3ccccc23)C=C2Sc3ccccc3P2C)cc1. The lowest BCUT2D eigenvalue weighted by Crippen LogP contribution is -2.28.